The molecule has 2 rings (SSSR count). The number of halogens is 1. The molecule has 0 saturated heterocycles. The Bertz CT molecular complexity index is 804. The molecule has 0 aromatic heterocycles. The first-order chi connectivity index (χ1) is 12.8. The Labute approximate surface area is 168 Å². The van der Waals surface area contributed by atoms with Crippen molar-refractivity contribution in [2.24, 2.45) is 5.92 Å². The fraction of sp³-hybridized carbons (Fsp3) is 0.333. The van der Waals surface area contributed by atoms with E-state index in [-0.39, 0.29) is 17.7 Å². The lowest BCUT2D eigenvalue weighted by Crippen LogP contribution is -2.47. The summed E-state index contributed by atoms with van der Waals surface area (Å²) in [6, 6.07) is 11.9. The van der Waals surface area contributed by atoms with Gasteiger partial charge in [0.2, 0.25) is 5.91 Å². The SMILES string of the molecule is CCOc1ccc(C(=O)NC(C(=O)Nc2ccc(C)cc2Br)C(C)C)cc1. The van der Waals surface area contributed by atoms with Crippen molar-refractivity contribution < 1.29 is 14.3 Å². The van der Waals surface area contributed by atoms with Gasteiger partial charge in [-0.2, -0.15) is 0 Å². The predicted octanol–water partition coefficient (Wildman–Crippen LogP) is 4.55. The topological polar surface area (TPSA) is 67.4 Å². The molecule has 0 fully saturated rings. The number of nitrogens with one attached hydrogen (secondary N) is 2. The number of benzene rings is 2. The number of aryl methyl sites for hydroxylation is 1. The highest BCUT2D eigenvalue weighted by Crippen LogP contribution is 2.24. The zero-order chi connectivity index (χ0) is 20.0. The summed E-state index contributed by atoms with van der Waals surface area (Å²) in [5, 5.41) is 5.71. The molecule has 6 heteroatoms. The average Bonchev–Trinajstić information content (AvgIpc) is 2.62. The lowest BCUT2D eigenvalue weighted by Gasteiger charge is -2.22. The Kier molecular flexibility index (Phi) is 7.42. The van der Waals surface area contributed by atoms with Crippen molar-refractivity contribution in [1.82, 2.24) is 5.32 Å². The summed E-state index contributed by atoms with van der Waals surface area (Å²) in [5.74, 6) is 0.0843. The Morgan fingerprint density at radius 2 is 1.78 bits per heavy atom. The lowest BCUT2D eigenvalue weighted by molar-refractivity contribution is -0.118. The van der Waals surface area contributed by atoms with E-state index in [1.165, 1.54) is 0 Å². The molecule has 2 amide bonds. The maximum atomic E-state index is 12.7. The van der Waals surface area contributed by atoms with Crippen molar-refractivity contribution in [2.75, 3.05) is 11.9 Å². The van der Waals surface area contributed by atoms with Gasteiger partial charge in [-0.25, -0.2) is 0 Å². The highest BCUT2D eigenvalue weighted by atomic mass is 79.9. The van der Waals surface area contributed by atoms with Gasteiger partial charge < -0.3 is 15.4 Å². The molecule has 2 N–H and O–H groups in total. The first kappa shape index (κ1) is 21.0. The van der Waals surface area contributed by atoms with Gasteiger partial charge in [-0.3, -0.25) is 9.59 Å². The molecular weight excluding hydrogens is 408 g/mol. The van der Waals surface area contributed by atoms with Crippen LogP contribution in [0.4, 0.5) is 5.69 Å². The van der Waals surface area contributed by atoms with Gasteiger partial charge in [-0.15, -0.1) is 0 Å². The number of ether oxygens (including phenoxy) is 1. The van der Waals surface area contributed by atoms with E-state index in [0.717, 1.165) is 10.0 Å². The molecule has 0 heterocycles. The summed E-state index contributed by atoms with van der Waals surface area (Å²) in [6.45, 7) is 8.23. The van der Waals surface area contributed by atoms with E-state index in [2.05, 4.69) is 26.6 Å². The van der Waals surface area contributed by atoms with Gasteiger partial charge in [0, 0.05) is 10.0 Å². The maximum Gasteiger partial charge on any atom is 0.251 e. The van der Waals surface area contributed by atoms with E-state index < -0.39 is 6.04 Å². The number of amides is 2. The second kappa shape index (κ2) is 9.55. The van der Waals surface area contributed by atoms with Crippen molar-refractivity contribution in [3.05, 3.63) is 58.1 Å². The number of hydrogen-bond acceptors (Lipinski definition) is 3. The van der Waals surface area contributed by atoms with Crippen LogP contribution in [0.25, 0.3) is 0 Å². The van der Waals surface area contributed by atoms with Crippen LogP contribution >= 0.6 is 15.9 Å². The zero-order valence-electron chi connectivity index (χ0n) is 16.0. The Morgan fingerprint density at radius 1 is 1.11 bits per heavy atom. The summed E-state index contributed by atoms with van der Waals surface area (Å²) in [7, 11) is 0. The molecule has 0 aliphatic heterocycles. The minimum absolute atomic E-state index is 0.0686. The minimum atomic E-state index is -0.655. The number of carbonyl (C=O) groups excluding carboxylic acids is 2. The summed E-state index contributed by atoms with van der Waals surface area (Å²) in [5.41, 5.74) is 2.24. The van der Waals surface area contributed by atoms with Gasteiger partial charge in [0.25, 0.3) is 5.91 Å². The number of carbonyl (C=O) groups is 2. The molecule has 0 saturated carbocycles. The van der Waals surface area contributed by atoms with Crippen LogP contribution in [0.2, 0.25) is 0 Å². The third-order valence-electron chi connectivity index (χ3n) is 4.05. The monoisotopic (exact) mass is 432 g/mol. The van der Waals surface area contributed by atoms with Gasteiger partial charge in [0.1, 0.15) is 11.8 Å². The van der Waals surface area contributed by atoms with Crippen LogP contribution in [0, 0.1) is 12.8 Å². The van der Waals surface area contributed by atoms with Crippen molar-refractivity contribution in [3.8, 4) is 5.75 Å². The molecule has 27 heavy (non-hydrogen) atoms. The molecule has 1 unspecified atom stereocenters. The Hall–Kier alpha value is -2.34. The largest absolute Gasteiger partial charge is 0.494 e. The molecule has 2 aromatic rings. The number of anilines is 1. The lowest BCUT2D eigenvalue weighted by atomic mass is 10.0. The van der Waals surface area contributed by atoms with E-state index in [1.54, 1.807) is 24.3 Å². The zero-order valence-corrected chi connectivity index (χ0v) is 17.6. The van der Waals surface area contributed by atoms with Crippen LogP contribution in [0.1, 0.15) is 36.7 Å². The molecule has 2 aromatic carbocycles. The second-order valence-electron chi connectivity index (χ2n) is 6.63. The van der Waals surface area contributed by atoms with Gasteiger partial charge in [-0.1, -0.05) is 19.9 Å². The molecule has 1 atom stereocenters. The van der Waals surface area contributed by atoms with Crippen LogP contribution in [-0.4, -0.2) is 24.5 Å². The summed E-state index contributed by atoms with van der Waals surface area (Å²) in [6.07, 6.45) is 0. The van der Waals surface area contributed by atoms with Crippen LogP contribution in [-0.2, 0) is 4.79 Å². The number of rotatable bonds is 7. The first-order valence-electron chi connectivity index (χ1n) is 8.92. The van der Waals surface area contributed by atoms with Crippen molar-refractivity contribution >= 4 is 33.4 Å². The highest BCUT2D eigenvalue weighted by molar-refractivity contribution is 9.10. The molecule has 0 spiro atoms. The van der Waals surface area contributed by atoms with Crippen LogP contribution in [0.3, 0.4) is 0 Å². The molecule has 0 radical (unpaired) electrons. The third-order valence-corrected chi connectivity index (χ3v) is 4.70. The molecular formula is C21H25BrN2O3. The first-order valence-corrected chi connectivity index (χ1v) is 9.71. The molecule has 0 aliphatic rings. The predicted molar refractivity (Wildman–Crippen MR) is 111 cm³/mol. The van der Waals surface area contributed by atoms with E-state index in [4.69, 9.17) is 4.74 Å². The van der Waals surface area contributed by atoms with Gasteiger partial charge in [0.15, 0.2) is 0 Å². The van der Waals surface area contributed by atoms with Gasteiger partial charge in [-0.05, 0) is 77.7 Å². The summed E-state index contributed by atoms with van der Waals surface area (Å²) in [4.78, 5) is 25.3. The van der Waals surface area contributed by atoms with Gasteiger partial charge >= 0.3 is 0 Å². The van der Waals surface area contributed by atoms with E-state index in [0.29, 0.717) is 23.6 Å². The highest BCUT2D eigenvalue weighted by Gasteiger charge is 2.25. The average molecular weight is 433 g/mol. The normalized spacial score (nSPS) is 11.8. The van der Waals surface area contributed by atoms with Crippen molar-refractivity contribution in [1.29, 1.82) is 0 Å². The smallest absolute Gasteiger partial charge is 0.251 e. The fourth-order valence-corrected chi connectivity index (χ4v) is 3.15. The van der Waals surface area contributed by atoms with Gasteiger partial charge in [0.05, 0.1) is 12.3 Å². The molecule has 5 nitrogen and oxygen atoms in total. The van der Waals surface area contributed by atoms with Crippen LogP contribution < -0.4 is 15.4 Å². The fourth-order valence-electron chi connectivity index (χ4n) is 2.56. The van der Waals surface area contributed by atoms with Crippen molar-refractivity contribution in [3.63, 3.8) is 0 Å². The standard InChI is InChI=1S/C21H25BrN2O3/c1-5-27-16-9-7-15(8-10-16)20(25)24-19(13(2)3)21(26)23-18-11-6-14(4)12-17(18)22/h6-13,19H,5H2,1-4H3,(H,23,26)(H,24,25). The molecule has 144 valence electrons. The summed E-state index contributed by atoms with van der Waals surface area (Å²) >= 11 is 3.45. The number of hydrogen-bond donors (Lipinski definition) is 2. The molecule has 0 aliphatic carbocycles. The van der Waals surface area contributed by atoms with E-state index in [1.807, 2.05) is 45.9 Å². The van der Waals surface area contributed by atoms with E-state index >= 15 is 0 Å². The Morgan fingerprint density at radius 3 is 2.33 bits per heavy atom. The van der Waals surface area contributed by atoms with Crippen LogP contribution in [0.15, 0.2) is 46.9 Å². The second-order valence-corrected chi connectivity index (χ2v) is 7.48. The molecule has 0 bridgehead atoms. The minimum Gasteiger partial charge on any atom is -0.494 e. The quantitative estimate of drug-likeness (QED) is 0.673. The van der Waals surface area contributed by atoms with Crippen LogP contribution in [0.5, 0.6) is 5.75 Å². The maximum absolute atomic E-state index is 12.7. The Balaban J connectivity index is 2.09. The summed E-state index contributed by atoms with van der Waals surface area (Å²) < 4.78 is 6.19. The van der Waals surface area contributed by atoms with Crippen molar-refractivity contribution in [2.45, 2.75) is 33.7 Å². The third kappa shape index (κ3) is 5.82. The van der Waals surface area contributed by atoms with E-state index in [9.17, 15) is 9.59 Å².